The molecule has 17 heavy (non-hydrogen) atoms. The summed E-state index contributed by atoms with van der Waals surface area (Å²) >= 11 is 0. The summed E-state index contributed by atoms with van der Waals surface area (Å²) in [5.41, 5.74) is 2.98. The Morgan fingerprint density at radius 2 is 2.12 bits per heavy atom. The first-order valence-electron chi connectivity index (χ1n) is 6.83. The summed E-state index contributed by atoms with van der Waals surface area (Å²) in [6.07, 6.45) is 2.53. The predicted molar refractivity (Wildman–Crippen MR) is 72.5 cm³/mol. The molecular formula is C15H22N2. The zero-order valence-electron chi connectivity index (χ0n) is 10.8. The molecule has 0 aliphatic carbocycles. The van der Waals surface area contributed by atoms with Gasteiger partial charge < -0.3 is 10.2 Å². The molecule has 92 valence electrons. The molecule has 1 aromatic carbocycles. The Hall–Kier alpha value is -1.02. The number of rotatable bonds is 2. The first kappa shape index (κ1) is 11.1. The van der Waals surface area contributed by atoms with Crippen LogP contribution in [0.1, 0.15) is 25.8 Å². The molecule has 0 bridgehead atoms. The van der Waals surface area contributed by atoms with E-state index in [-0.39, 0.29) is 0 Å². The van der Waals surface area contributed by atoms with Gasteiger partial charge in [0.25, 0.3) is 0 Å². The van der Waals surface area contributed by atoms with E-state index in [2.05, 4.69) is 48.3 Å². The van der Waals surface area contributed by atoms with E-state index in [4.69, 9.17) is 0 Å². The van der Waals surface area contributed by atoms with E-state index in [0.717, 1.165) is 5.92 Å². The molecular weight excluding hydrogens is 208 g/mol. The Balaban J connectivity index is 1.79. The first-order valence-corrected chi connectivity index (χ1v) is 6.83. The lowest BCUT2D eigenvalue weighted by Crippen LogP contribution is -2.42. The van der Waals surface area contributed by atoms with Crippen LogP contribution in [0.15, 0.2) is 24.3 Å². The van der Waals surface area contributed by atoms with Crippen LogP contribution < -0.4 is 10.2 Å². The number of nitrogens with zero attached hydrogens (tertiary/aromatic N) is 1. The minimum atomic E-state index is 0.655. The highest BCUT2D eigenvalue weighted by molar-refractivity contribution is 5.59. The van der Waals surface area contributed by atoms with Crippen molar-refractivity contribution in [3.8, 4) is 0 Å². The van der Waals surface area contributed by atoms with Gasteiger partial charge in [0.15, 0.2) is 0 Å². The van der Waals surface area contributed by atoms with Crippen molar-refractivity contribution in [2.45, 2.75) is 38.8 Å². The van der Waals surface area contributed by atoms with E-state index in [9.17, 15) is 0 Å². The van der Waals surface area contributed by atoms with Gasteiger partial charge in [-0.25, -0.2) is 0 Å². The molecule has 0 amide bonds. The van der Waals surface area contributed by atoms with E-state index < -0.39 is 0 Å². The molecule has 0 saturated carbocycles. The Kier molecular flexibility index (Phi) is 2.83. The van der Waals surface area contributed by atoms with Gasteiger partial charge in [0.2, 0.25) is 0 Å². The van der Waals surface area contributed by atoms with Gasteiger partial charge in [-0.15, -0.1) is 0 Å². The normalized spacial score (nSPS) is 31.9. The highest BCUT2D eigenvalue weighted by Gasteiger charge is 2.31. The van der Waals surface area contributed by atoms with Crippen molar-refractivity contribution in [3.63, 3.8) is 0 Å². The predicted octanol–water partition coefficient (Wildman–Crippen LogP) is 2.44. The molecule has 2 nitrogen and oxygen atoms in total. The van der Waals surface area contributed by atoms with E-state index >= 15 is 0 Å². The van der Waals surface area contributed by atoms with Crippen molar-refractivity contribution in [2.75, 3.05) is 18.0 Å². The van der Waals surface area contributed by atoms with Gasteiger partial charge in [-0.1, -0.05) is 25.1 Å². The number of para-hydroxylation sites is 1. The van der Waals surface area contributed by atoms with Gasteiger partial charge in [0, 0.05) is 24.3 Å². The third-order valence-corrected chi connectivity index (χ3v) is 4.43. The fourth-order valence-electron chi connectivity index (χ4n) is 3.26. The minimum absolute atomic E-state index is 0.655. The summed E-state index contributed by atoms with van der Waals surface area (Å²) in [4.78, 5) is 2.59. The molecule has 1 saturated heterocycles. The minimum Gasteiger partial charge on any atom is -0.367 e. The Bertz CT molecular complexity index is 402. The summed E-state index contributed by atoms with van der Waals surface area (Å²) in [5.74, 6) is 0.815. The van der Waals surface area contributed by atoms with Crippen LogP contribution in [0.2, 0.25) is 0 Å². The molecule has 2 aliphatic heterocycles. The van der Waals surface area contributed by atoms with Crippen molar-refractivity contribution < 1.29 is 0 Å². The zero-order chi connectivity index (χ0) is 11.8. The molecule has 0 spiro atoms. The maximum Gasteiger partial charge on any atom is 0.0402 e. The van der Waals surface area contributed by atoms with E-state index in [1.54, 1.807) is 0 Å². The van der Waals surface area contributed by atoms with E-state index in [1.807, 2.05) is 0 Å². The first-order chi connectivity index (χ1) is 8.25. The summed E-state index contributed by atoms with van der Waals surface area (Å²) < 4.78 is 0. The lowest BCUT2D eigenvalue weighted by molar-refractivity contribution is 0.464. The molecule has 0 radical (unpaired) electrons. The molecule has 2 aliphatic rings. The molecule has 3 atom stereocenters. The topological polar surface area (TPSA) is 15.3 Å². The maximum atomic E-state index is 3.64. The number of benzene rings is 1. The van der Waals surface area contributed by atoms with Crippen LogP contribution in [0.3, 0.4) is 0 Å². The number of anilines is 1. The highest BCUT2D eigenvalue weighted by Crippen LogP contribution is 2.32. The second-order valence-corrected chi connectivity index (χ2v) is 5.66. The summed E-state index contributed by atoms with van der Waals surface area (Å²) in [7, 11) is 0. The van der Waals surface area contributed by atoms with Crippen molar-refractivity contribution in [2.24, 2.45) is 5.92 Å². The van der Waals surface area contributed by atoms with Crippen LogP contribution in [0.25, 0.3) is 0 Å². The standard InChI is InChI=1S/C15H22N2/c1-11-7-8-16-14(11)10-17-12(2)9-13-5-3-4-6-15(13)17/h3-6,11-12,14,16H,7-10H2,1-2H3. The maximum absolute atomic E-state index is 3.64. The Morgan fingerprint density at radius 3 is 2.88 bits per heavy atom. The van der Waals surface area contributed by atoms with Gasteiger partial charge in [0.05, 0.1) is 0 Å². The van der Waals surface area contributed by atoms with E-state index in [1.165, 1.54) is 37.2 Å². The molecule has 3 rings (SSSR count). The quantitative estimate of drug-likeness (QED) is 0.839. The van der Waals surface area contributed by atoms with Crippen molar-refractivity contribution in [1.82, 2.24) is 5.32 Å². The van der Waals surface area contributed by atoms with Gasteiger partial charge in [-0.05, 0) is 43.9 Å². The van der Waals surface area contributed by atoms with Crippen molar-refractivity contribution in [3.05, 3.63) is 29.8 Å². The second kappa shape index (κ2) is 4.34. The van der Waals surface area contributed by atoms with Gasteiger partial charge in [-0.2, -0.15) is 0 Å². The molecule has 1 aromatic rings. The third kappa shape index (κ3) is 1.95. The highest BCUT2D eigenvalue weighted by atomic mass is 15.2. The summed E-state index contributed by atoms with van der Waals surface area (Å²) in [6, 6.07) is 10.2. The Labute approximate surface area is 104 Å². The lowest BCUT2D eigenvalue weighted by atomic mass is 10.0. The summed E-state index contributed by atoms with van der Waals surface area (Å²) in [6.45, 7) is 7.08. The van der Waals surface area contributed by atoms with Crippen LogP contribution in [0.5, 0.6) is 0 Å². The lowest BCUT2D eigenvalue weighted by Gasteiger charge is -2.29. The van der Waals surface area contributed by atoms with Crippen LogP contribution >= 0.6 is 0 Å². The smallest absolute Gasteiger partial charge is 0.0402 e. The van der Waals surface area contributed by atoms with E-state index in [0.29, 0.717) is 12.1 Å². The number of nitrogens with one attached hydrogen (secondary N) is 1. The fourth-order valence-corrected chi connectivity index (χ4v) is 3.26. The summed E-state index contributed by atoms with van der Waals surface area (Å²) in [5, 5.41) is 3.64. The van der Waals surface area contributed by atoms with Crippen LogP contribution in [0, 0.1) is 5.92 Å². The van der Waals surface area contributed by atoms with Gasteiger partial charge >= 0.3 is 0 Å². The largest absolute Gasteiger partial charge is 0.367 e. The second-order valence-electron chi connectivity index (χ2n) is 5.66. The van der Waals surface area contributed by atoms with Crippen LogP contribution in [-0.2, 0) is 6.42 Å². The fraction of sp³-hybridized carbons (Fsp3) is 0.600. The average Bonchev–Trinajstić information content (AvgIpc) is 2.85. The molecule has 1 N–H and O–H groups in total. The van der Waals surface area contributed by atoms with Gasteiger partial charge in [0.1, 0.15) is 0 Å². The molecule has 0 aromatic heterocycles. The molecule has 2 heteroatoms. The SMILES string of the molecule is CC1CCNC1CN1c2ccccc2CC1C. The molecule has 1 fully saturated rings. The molecule has 2 heterocycles. The van der Waals surface area contributed by atoms with Crippen LogP contribution in [0.4, 0.5) is 5.69 Å². The number of fused-ring (bicyclic) bond motifs is 1. The van der Waals surface area contributed by atoms with Crippen molar-refractivity contribution in [1.29, 1.82) is 0 Å². The monoisotopic (exact) mass is 230 g/mol. The number of hydrogen-bond acceptors (Lipinski definition) is 2. The molecule has 3 unspecified atom stereocenters. The third-order valence-electron chi connectivity index (χ3n) is 4.43. The van der Waals surface area contributed by atoms with Gasteiger partial charge in [-0.3, -0.25) is 0 Å². The average molecular weight is 230 g/mol. The number of hydrogen-bond donors (Lipinski definition) is 1. The van der Waals surface area contributed by atoms with Crippen molar-refractivity contribution >= 4 is 5.69 Å². The van der Waals surface area contributed by atoms with Crippen LogP contribution in [-0.4, -0.2) is 25.2 Å². The zero-order valence-corrected chi connectivity index (χ0v) is 10.8. The Morgan fingerprint density at radius 1 is 1.29 bits per heavy atom.